The molecule has 0 aliphatic carbocycles. The van der Waals surface area contributed by atoms with E-state index >= 15 is 0 Å². The van der Waals surface area contributed by atoms with Gasteiger partial charge in [-0.3, -0.25) is 18.9 Å². The second-order valence-electron chi connectivity index (χ2n) is 5.10. The largest absolute Gasteiger partial charge is 0.497 e. The molecule has 24 heavy (non-hydrogen) atoms. The van der Waals surface area contributed by atoms with Gasteiger partial charge in [-0.1, -0.05) is 23.7 Å². The second kappa shape index (κ2) is 6.72. The van der Waals surface area contributed by atoms with Crippen molar-refractivity contribution in [2.75, 3.05) is 7.11 Å². The van der Waals surface area contributed by atoms with E-state index in [0.717, 1.165) is 10.1 Å². The number of ether oxygens (including phenoxy) is 1. The molecule has 2 aromatic heterocycles. The minimum atomic E-state index is -0.456. The number of halogens is 1. The molecule has 0 atom stereocenters. The Morgan fingerprint density at radius 3 is 2.54 bits per heavy atom. The molecule has 0 aliphatic rings. The van der Waals surface area contributed by atoms with E-state index in [1.54, 1.807) is 25.3 Å². The van der Waals surface area contributed by atoms with Crippen molar-refractivity contribution in [3.63, 3.8) is 0 Å². The summed E-state index contributed by atoms with van der Waals surface area (Å²) in [6, 6.07) is 10.1. The summed E-state index contributed by atoms with van der Waals surface area (Å²) in [5.41, 5.74) is 0.484. The lowest BCUT2D eigenvalue weighted by molar-refractivity contribution is 0.414. The predicted molar refractivity (Wildman–Crippen MR) is 91.2 cm³/mol. The van der Waals surface area contributed by atoms with Gasteiger partial charge in [0.05, 0.1) is 30.6 Å². The Bertz CT molecular complexity index is 977. The highest BCUT2D eigenvalue weighted by Gasteiger charge is 2.08. The van der Waals surface area contributed by atoms with Crippen molar-refractivity contribution < 1.29 is 4.74 Å². The number of pyridine rings is 1. The Morgan fingerprint density at radius 1 is 1.12 bits per heavy atom. The van der Waals surface area contributed by atoms with E-state index in [4.69, 9.17) is 16.3 Å². The van der Waals surface area contributed by atoms with E-state index in [1.807, 2.05) is 12.1 Å². The Kier molecular flexibility index (Phi) is 4.48. The van der Waals surface area contributed by atoms with Gasteiger partial charge in [-0.25, -0.2) is 4.79 Å². The van der Waals surface area contributed by atoms with E-state index in [2.05, 4.69) is 4.98 Å². The maximum Gasteiger partial charge on any atom is 0.335 e. The number of aromatic nitrogens is 3. The van der Waals surface area contributed by atoms with Crippen molar-refractivity contribution in [1.29, 1.82) is 0 Å². The van der Waals surface area contributed by atoms with Crippen LogP contribution in [0, 0.1) is 0 Å². The molecule has 6 nitrogen and oxygen atoms in total. The molecule has 0 aliphatic heterocycles. The fourth-order valence-electron chi connectivity index (χ4n) is 2.30. The van der Waals surface area contributed by atoms with Crippen LogP contribution < -0.4 is 16.0 Å². The molecule has 0 saturated heterocycles. The molecule has 122 valence electrons. The van der Waals surface area contributed by atoms with Gasteiger partial charge in [0.25, 0.3) is 5.56 Å². The molecule has 7 heteroatoms. The third kappa shape index (κ3) is 3.23. The maximum atomic E-state index is 12.7. The Labute approximate surface area is 142 Å². The summed E-state index contributed by atoms with van der Waals surface area (Å²) >= 11 is 5.92. The van der Waals surface area contributed by atoms with Gasteiger partial charge in [0, 0.05) is 18.5 Å². The lowest BCUT2D eigenvalue weighted by Gasteiger charge is -2.10. The lowest BCUT2D eigenvalue weighted by Crippen LogP contribution is -2.38. The quantitative estimate of drug-likeness (QED) is 0.727. The molecule has 2 heterocycles. The van der Waals surface area contributed by atoms with E-state index in [-0.39, 0.29) is 12.1 Å². The summed E-state index contributed by atoms with van der Waals surface area (Å²) in [6.45, 7) is 0.163. The molecule has 0 N–H and O–H groups in total. The molecule has 0 fully saturated rings. The molecular weight excluding hydrogens is 330 g/mol. The Morgan fingerprint density at radius 2 is 1.88 bits per heavy atom. The van der Waals surface area contributed by atoms with Crippen molar-refractivity contribution in [3.8, 4) is 11.4 Å². The van der Waals surface area contributed by atoms with Crippen LogP contribution >= 0.6 is 11.6 Å². The monoisotopic (exact) mass is 343 g/mol. The number of hydrogen-bond donors (Lipinski definition) is 0. The molecule has 0 unspecified atom stereocenters. The molecule has 3 aromatic rings. The molecular formula is C17H14ClN3O3. The van der Waals surface area contributed by atoms with E-state index in [0.29, 0.717) is 16.5 Å². The number of nitrogens with zero attached hydrogens (tertiary/aromatic N) is 3. The van der Waals surface area contributed by atoms with Gasteiger partial charge >= 0.3 is 5.69 Å². The van der Waals surface area contributed by atoms with Crippen LogP contribution in [0.4, 0.5) is 0 Å². The van der Waals surface area contributed by atoms with Gasteiger partial charge in [0.15, 0.2) is 0 Å². The average Bonchev–Trinajstić information content (AvgIpc) is 2.59. The highest BCUT2D eigenvalue weighted by molar-refractivity contribution is 6.30. The minimum Gasteiger partial charge on any atom is -0.497 e. The van der Waals surface area contributed by atoms with Crippen LogP contribution in [0.25, 0.3) is 5.69 Å². The third-order valence-electron chi connectivity index (χ3n) is 3.54. The Balaban J connectivity index is 2.03. The molecule has 3 rings (SSSR count). The van der Waals surface area contributed by atoms with Crippen LogP contribution in [0.1, 0.15) is 5.56 Å². The first kappa shape index (κ1) is 16.0. The molecule has 0 amide bonds. The highest BCUT2D eigenvalue weighted by atomic mass is 35.5. The van der Waals surface area contributed by atoms with Gasteiger partial charge < -0.3 is 4.74 Å². The predicted octanol–water partition coefficient (Wildman–Crippen LogP) is 2.10. The van der Waals surface area contributed by atoms with Crippen LogP contribution in [-0.2, 0) is 6.54 Å². The van der Waals surface area contributed by atoms with Crippen molar-refractivity contribution in [2.45, 2.75) is 6.54 Å². The SMILES string of the molecule is COc1ccc(Cn2c(=O)ccn(-c3cncc(Cl)c3)c2=O)cc1. The molecule has 0 bridgehead atoms. The van der Waals surface area contributed by atoms with Crippen LogP contribution in [-0.4, -0.2) is 21.2 Å². The molecule has 0 radical (unpaired) electrons. The fourth-order valence-corrected chi connectivity index (χ4v) is 2.47. The summed E-state index contributed by atoms with van der Waals surface area (Å²) < 4.78 is 7.59. The van der Waals surface area contributed by atoms with Crippen molar-refractivity contribution >= 4 is 11.6 Å². The normalized spacial score (nSPS) is 10.6. The van der Waals surface area contributed by atoms with Crippen LogP contribution in [0.15, 0.2) is 64.6 Å². The van der Waals surface area contributed by atoms with Crippen LogP contribution in [0.2, 0.25) is 5.02 Å². The number of methoxy groups -OCH3 is 1. The summed E-state index contributed by atoms with van der Waals surface area (Å²) in [5.74, 6) is 0.710. The van der Waals surface area contributed by atoms with Crippen LogP contribution in [0.3, 0.4) is 0 Å². The van der Waals surface area contributed by atoms with Gasteiger partial charge in [-0.05, 0) is 23.8 Å². The van der Waals surface area contributed by atoms with Gasteiger partial charge in [0.1, 0.15) is 5.75 Å². The molecule has 0 saturated carbocycles. The van der Waals surface area contributed by atoms with E-state index in [9.17, 15) is 9.59 Å². The summed E-state index contributed by atoms with van der Waals surface area (Å²) in [4.78, 5) is 28.7. The summed E-state index contributed by atoms with van der Waals surface area (Å²) in [7, 11) is 1.58. The Hall–Kier alpha value is -2.86. The van der Waals surface area contributed by atoms with Crippen molar-refractivity contribution in [3.05, 3.63) is 86.4 Å². The fraction of sp³-hybridized carbons (Fsp3) is 0.118. The standard InChI is InChI=1S/C17H14ClN3O3/c1-24-15-4-2-12(3-5-15)11-21-16(22)6-7-20(17(21)23)14-8-13(18)9-19-10-14/h2-10H,11H2,1H3. The number of rotatable bonds is 4. The second-order valence-corrected chi connectivity index (χ2v) is 5.54. The average molecular weight is 344 g/mol. The van der Waals surface area contributed by atoms with Gasteiger partial charge in [-0.2, -0.15) is 0 Å². The maximum absolute atomic E-state index is 12.7. The zero-order valence-corrected chi connectivity index (χ0v) is 13.6. The van der Waals surface area contributed by atoms with Crippen LogP contribution in [0.5, 0.6) is 5.75 Å². The summed E-state index contributed by atoms with van der Waals surface area (Å²) in [5, 5.41) is 0.410. The van der Waals surface area contributed by atoms with E-state index in [1.165, 1.54) is 29.2 Å². The number of hydrogen-bond acceptors (Lipinski definition) is 4. The topological polar surface area (TPSA) is 66.1 Å². The number of benzene rings is 1. The lowest BCUT2D eigenvalue weighted by atomic mass is 10.2. The zero-order chi connectivity index (χ0) is 17.1. The van der Waals surface area contributed by atoms with Gasteiger partial charge in [0.2, 0.25) is 0 Å². The first-order chi connectivity index (χ1) is 11.6. The first-order valence-electron chi connectivity index (χ1n) is 7.15. The minimum absolute atomic E-state index is 0.163. The third-order valence-corrected chi connectivity index (χ3v) is 3.74. The highest BCUT2D eigenvalue weighted by Crippen LogP contribution is 2.12. The van der Waals surface area contributed by atoms with E-state index < -0.39 is 5.69 Å². The first-order valence-corrected chi connectivity index (χ1v) is 7.52. The molecule has 0 spiro atoms. The molecule has 1 aromatic carbocycles. The zero-order valence-electron chi connectivity index (χ0n) is 12.8. The summed E-state index contributed by atoms with van der Waals surface area (Å²) in [6.07, 6.45) is 4.40. The smallest absolute Gasteiger partial charge is 0.335 e. The van der Waals surface area contributed by atoms with Crippen molar-refractivity contribution in [1.82, 2.24) is 14.1 Å². The van der Waals surface area contributed by atoms with Gasteiger partial charge in [-0.15, -0.1) is 0 Å². The van der Waals surface area contributed by atoms with Crippen molar-refractivity contribution in [2.24, 2.45) is 0 Å².